The Morgan fingerprint density at radius 2 is 1.41 bits per heavy atom. The van der Waals surface area contributed by atoms with Gasteiger partial charge in [-0.1, -0.05) is 77.8 Å². The van der Waals surface area contributed by atoms with Crippen LogP contribution in [0.4, 0.5) is 0 Å². The quantitative estimate of drug-likeness (QED) is 0.204. The van der Waals surface area contributed by atoms with Crippen LogP contribution >= 0.6 is 11.6 Å². The van der Waals surface area contributed by atoms with E-state index >= 15 is 0 Å². The molecule has 0 unspecified atom stereocenters. The molecule has 0 bridgehead atoms. The molecule has 222 valence electrons. The number of halogens is 1. The maximum Gasteiger partial charge on any atom is 0.251 e. The average molecular weight is 581 g/mol. The van der Waals surface area contributed by atoms with Crippen LogP contribution in [0.25, 0.3) is 0 Å². The number of nitriles is 1. The van der Waals surface area contributed by atoms with Crippen LogP contribution in [0.5, 0.6) is 5.75 Å². The zero-order valence-corrected chi connectivity index (χ0v) is 25.7. The molecule has 4 N–H and O–H groups in total. The number of nitrogens with one attached hydrogen (secondary N) is 2. The summed E-state index contributed by atoms with van der Waals surface area (Å²) in [5.74, 6) is 0.279. The molecule has 41 heavy (non-hydrogen) atoms. The first-order valence-electron chi connectivity index (χ1n) is 14.8. The van der Waals surface area contributed by atoms with Crippen LogP contribution < -0.4 is 21.1 Å². The van der Waals surface area contributed by atoms with Gasteiger partial charge in [-0.2, -0.15) is 5.26 Å². The van der Waals surface area contributed by atoms with Crippen LogP contribution in [-0.4, -0.2) is 37.0 Å². The molecule has 2 amide bonds. The Morgan fingerprint density at radius 1 is 0.878 bits per heavy atom. The Bertz CT molecular complexity index is 1200. The molecule has 0 spiro atoms. The zero-order chi connectivity index (χ0) is 30.0. The molecule has 1 aliphatic carbocycles. The molecule has 0 aromatic heterocycles. The number of carbonyl (C=O) groups excluding carboxylic acids is 2. The van der Waals surface area contributed by atoms with Gasteiger partial charge in [0.25, 0.3) is 11.8 Å². The van der Waals surface area contributed by atoms with Crippen molar-refractivity contribution in [2.24, 2.45) is 16.6 Å². The summed E-state index contributed by atoms with van der Waals surface area (Å²) in [6.07, 6.45) is 9.15. The molecule has 2 aromatic rings. The first kappa shape index (κ1) is 32.4. The predicted molar refractivity (Wildman–Crippen MR) is 164 cm³/mol. The zero-order valence-electron chi connectivity index (χ0n) is 24.9. The summed E-state index contributed by atoms with van der Waals surface area (Å²) in [4.78, 5) is 25.7. The number of benzene rings is 2. The van der Waals surface area contributed by atoms with E-state index in [0.29, 0.717) is 34.0 Å². The summed E-state index contributed by atoms with van der Waals surface area (Å²) in [6.45, 7) is 9.69. The van der Waals surface area contributed by atoms with Crippen LogP contribution in [0.3, 0.4) is 0 Å². The van der Waals surface area contributed by atoms with Gasteiger partial charge in [0.1, 0.15) is 17.9 Å². The highest BCUT2D eigenvalue weighted by atomic mass is 35.5. The topological polar surface area (TPSA) is 117 Å². The fraction of sp³-hybridized carbons (Fsp3) is 0.545. The van der Waals surface area contributed by atoms with Gasteiger partial charge in [0.05, 0.1) is 10.6 Å². The summed E-state index contributed by atoms with van der Waals surface area (Å²) in [6, 6.07) is 13.7. The molecular formula is C33H45ClN4O3. The van der Waals surface area contributed by atoms with Crippen LogP contribution in [0.1, 0.15) is 105 Å². The van der Waals surface area contributed by atoms with Crippen molar-refractivity contribution in [3.63, 3.8) is 0 Å². The minimum atomic E-state index is -0.357. The predicted octanol–water partition coefficient (Wildman–Crippen LogP) is 6.63. The second-order valence-corrected chi connectivity index (χ2v) is 12.7. The molecule has 0 heterocycles. The molecule has 0 atom stereocenters. The number of nitrogens with zero attached hydrogens (tertiary/aromatic N) is 1. The summed E-state index contributed by atoms with van der Waals surface area (Å²) in [7, 11) is 0. The third kappa shape index (κ3) is 8.24. The molecule has 0 saturated heterocycles. The van der Waals surface area contributed by atoms with Crippen molar-refractivity contribution >= 4 is 23.4 Å². The van der Waals surface area contributed by atoms with Gasteiger partial charge in [-0.25, -0.2) is 0 Å². The van der Waals surface area contributed by atoms with Gasteiger partial charge < -0.3 is 21.1 Å². The van der Waals surface area contributed by atoms with Crippen molar-refractivity contribution in [1.82, 2.24) is 10.6 Å². The summed E-state index contributed by atoms with van der Waals surface area (Å²) >= 11 is 6.19. The lowest BCUT2D eigenvalue weighted by Gasteiger charge is -2.63. The number of hydrogen-bond donors (Lipinski definition) is 3. The second kappa shape index (κ2) is 14.7. The fourth-order valence-electron chi connectivity index (χ4n) is 6.22. The van der Waals surface area contributed by atoms with E-state index in [-0.39, 0.29) is 34.8 Å². The van der Waals surface area contributed by atoms with E-state index in [2.05, 4.69) is 44.4 Å². The summed E-state index contributed by atoms with van der Waals surface area (Å²) < 4.78 is 6.30. The maximum absolute atomic E-state index is 13.1. The van der Waals surface area contributed by atoms with Gasteiger partial charge in [-0.05, 0) is 55.8 Å². The highest BCUT2D eigenvalue weighted by Gasteiger charge is 2.64. The minimum Gasteiger partial charge on any atom is -0.489 e. The number of amides is 2. The van der Waals surface area contributed by atoms with Crippen LogP contribution in [0.15, 0.2) is 42.5 Å². The maximum atomic E-state index is 13.1. The fourth-order valence-corrected chi connectivity index (χ4v) is 6.43. The Labute approximate surface area is 250 Å². The Balaban J connectivity index is 1.46. The van der Waals surface area contributed by atoms with E-state index in [1.54, 1.807) is 42.5 Å². The Hall–Kier alpha value is -3.08. The number of nitrogens with two attached hydrogens (primary N) is 1. The molecule has 2 aromatic carbocycles. The standard InChI is InChI=1S/C33H45ClN4O3/c1-32(2)30(33(3,4)31(32)41-26-18-17-25(22-36)27(34)21-26)38-29(40)24-15-13-23(14-16-24)28(39)37-20-12-10-8-6-5-7-9-11-19-35/h13-18,21,30-31H,5-12,19-20,35H2,1-4H3,(H,37,39)(H,38,40)/t30-,31-. The third-order valence-electron chi connectivity index (χ3n) is 8.26. The van der Waals surface area contributed by atoms with E-state index in [4.69, 9.17) is 27.3 Å². The van der Waals surface area contributed by atoms with E-state index in [1.165, 1.54) is 32.1 Å². The molecule has 0 radical (unpaired) electrons. The van der Waals surface area contributed by atoms with Crippen molar-refractivity contribution in [3.8, 4) is 11.8 Å². The molecule has 3 rings (SSSR count). The van der Waals surface area contributed by atoms with Crippen LogP contribution in [-0.2, 0) is 0 Å². The van der Waals surface area contributed by atoms with Crippen molar-refractivity contribution in [2.75, 3.05) is 13.1 Å². The summed E-state index contributed by atoms with van der Waals surface area (Å²) in [5.41, 5.74) is 6.25. The van der Waals surface area contributed by atoms with Gasteiger partial charge in [-0.15, -0.1) is 0 Å². The van der Waals surface area contributed by atoms with Gasteiger partial charge >= 0.3 is 0 Å². The van der Waals surface area contributed by atoms with Crippen molar-refractivity contribution < 1.29 is 14.3 Å². The van der Waals surface area contributed by atoms with E-state index in [9.17, 15) is 9.59 Å². The average Bonchev–Trinajstić information content (AvgIpc) is 2.95. The Morgan fingerprint density at radius 3 is 1.95 bits per heavy atom. The number of rotatable bonds is 15. The van der Waals surface area contributed by atoms with Gasteiger partial charge in [-0.3, -0.25) is 9.59 Å². The number of carbonyl (C=O) groups is 2. The van der Waals surface area contributed by atoms with E-state index < -0.39 is 0 Å². The lowest BCUT2D eigenvalue weighted by atomic mass is 9.49. The minimum absolute atomic E-state index is 0.122. The van der Waals surface area contributed by atoms with Crippen LogP contribution in [0.2, 0.25) is 5.02 Å². The molecule has 1 saturated carbocycles. The summed E-state index contributed by atoms with van der Waals surface area (Å²) in [5, 5.41) is 15.6. The van der Waals surface area contributed by atoms with E-state index in [0.717, 1.165) is 25.8 Å². The molecular weight excluding hydrogens is 536 g/mol. The number of ether oxygens (including phenoxy) is 1. The normalized spacial score (nSPS) is 18.6. The molecule has 7 nitrogen and oxygen atoms in total. The molecule has 8 heteroatoms. The van der Waals surface area contributed by atoms with Gasteiger partial charge in [0.15, 0.2) is 0 Å². The third-order valence-corrected chi connectivity index (χ3v) is 8.57. The SMILES string of the molecule is CC1(C)[C@H](NC(=O)c2ccc(C(=O)NCCCCCCCCCCN)cc2)C(C)(C)[C@H]1Oc1ccc(C#N)c(Cl)c1. The smallest absolute Gasteiger partial charge is 0.251 e. The van der Waals surface area contributed by atoms with Gasteiger partial charge in [0, 0.05) is 40.6 Å². The molecule has 0 aliphatic heterocycles. The largest absolute Gasteiger partial charge is 0.489 e. The number of hydrogen-bond acceptors (Lipinski definition) is 5. The highest BCUT2D eigenvalue weighted by Crippen LogP contribution is 2.55. The number of unbranched alkanes of at least 4 members (excludes halogenated alkanes) is 7. The molecule has 1 aliphatic rings. The Kier molecular flexibility index (Phi) is 11.6. The lowest BCUT2D eigenvalue weighted by molar-refractivity contribution is -0.164. The second-order valence-electron chi connectivity index (χ2n) is 12.3. The monoisotopic (exact) mass is 580 g/mol. The van der Waals surface area contributed by atoms with Crippen molar-refractivity contribution in [3.05, 3.63) is 64.2 Å². The van der Waals surface area contributed by atoms with Gasteiger partial charge in [0.2, 0.25) is 0 Å². The lowest BCUT2D eigenvalue weighted by Crippen LogP contribution is -2.74. The first-order chi connectivity index (χ1) is 19.5. The van der Waals surface area contributed by atoms with Crippen molar-refractivity contribution in [2.45, 2.75) is 91.2 Å². The first-order valence-corrected chi connectivity index (χ1v) is 15.2. The van der Waals surface area contributed by atoms with E-state index in [1.807, 2.05) is 0 Å². The van der Waals surface area contributed by atoms with Crippen molar-refractivity contribution in [1.29, 1.82) is 5.26 Å². The molecule has 1 fully saturated rings. The highest BCUT2D eigenvalue weighted by molar-refractivity contribution is 6.31. The van der Waals surface area contributed by atoms with Crippen LogP contribution in [0, 0.1) is 22.2 Å².